The van der Waals surface area contributed by atoms with E-state index in [4.69, 9.17) is 25.8 Å². The van der Waals surface area contributed by atoms with Gasteiger partial charge in [-0.05, 0) is 50.1 Å². The zero-order chi connectivity index (χ0) is 18.8. The van der Waals surface area contributed by atoms with Crippen molar-refractivity contribution in [2.45, 2.75) is 39.5 Å². The second kappa shape index (κ2) is 11.1. The van der Waals surface area contributed by atoms with E-state index >= 15 is 0 Å². The van der Waals surface area contributed by atoms with Crippen LogP contribution in [0.5, 0.6) is 11.5 Å². The van der Waals surface area contributed by atoms with Gasteiger partial charge < -0.3 is 19.5 Å². The zero-order valence-corrected chi connectivity index (χ0v) is 16.5. The van der Waals surface area contributed by atoms with Crippen LogP contribution in [0, 0.1) is 0 Å². The number of hydrogen-bond acceptors (Lipinski definition) is 4. The van der Waals surface area contributed by atoms with Crippen LogP contribution in [0.3, 0.4) is 0 Å². The summed E-state index contributed by atoms with van der Waals surface area (Å²) >= 11 is 6.42. The molecular formula is C21H28ClNO3. The van der Waals surface area contributed by atoms with Gasteiger partial charge in [-0.3, -0.25) is 0 Å². The number of ether oxygens (including phenoxy) is 3. The SMILES string of the molecule is COc1cc(CNCCCOC(C)C)cc(Cl)c1OCc1ccccc1. The molecule has 0 heterocycles. The molecule has 0 spiro atoms. The molecule has 2 aromatic carbocycles. The fourth-order valence-corrected chi connectivity index (χ4v) is 2.78. The predicted octanol–water partition coefficient (Wildman–Crippen LogP) is 4.83. The van der Waals surface area contributed by atoms with Gasteiger partial charge in [-0.25, -0.2) is 0 Å². The van der Waals surface area contributed by atoms with Gasteiger partial charge in [-0.1, -0.05) is 41.9 Å². The first-order valence-corrected chi connectivity index (χ1v) is 9.33. The van der Waals surface area contributed by atoms with Crippen molar-refractivity contribution in [3.63, 3.8) is 0 Å². The standard InChI is InChI=1S/C21H28ClNO3/c1-16(2)25-11-7-10-23-14-18-12-19(22)21(20(13-18)24-3)26-15-17-8-5-4-6-9-17/h4-6,8-9,12-13,16,23H,7,10-11,14-15H2,1-3H3. The molecule has 142 valence electrons. The largest absolute Gasteiger partial charge is 0.493 e. The molecule has 0 amide bonds. The molecule has 0 aliphatic rings. The van der Waals surface area contributed by atoms with Gasteiger partial charge in [-0.15, -0.1) is 0 Å². The highest BCUT2D eigenvalue weighted by Gasteiger charge is 2.12. The smallest absolute Gasteiger partial charge is 0.180 e. The van der Waals surface area contributed by atoms with Gasteiger partial charge in [0.25, 0.3) is 0 Å². The third-order valence-electron chi connectivity index (χ3n) is 3.79. The van der Waals surface area contributed by atoms with Crippen molar-refractivity contribution >= 4 is 11.6 Å². The molecule has 0 aliphatic heterocycles. The van der Waals surface area contributed by atoms with Crippen molar-refractivity contribution in [2.75, 3.05) is 20.3 Å². The van der Waals surface area contributed by atoms with Gasteiger partial charge in [0.05, 0.1) is 18.2 Å². The topological polar surface area (TPSA) is 39.7 Å². The Morgan fingerprint density at radius 1 is 1.08 bits per heavy atom. The Labute approximate surface area is 161 Å². The van der Waals surface area contributed by atoms with E-state index in [0.717, 1.165) is 37.2 Å². The van der Waals surface area contributed by atoms with E-state index in [1.807, 2.05) is 56.3 Å². The lowest BCUT2D eigenvalue weighted by molar-refractivity contribution is 0.0770. The summed E-state index contributed by atoms with van der Waals surface area (Å²) in [5.74, 6) is 1.22. The monoisotopic (exact) mass is 377 g/mol. The molecule has 0 saturated carbocycles. The first-order chi connectivity index (χ1) is 12.6. The van der Waals surface area contributed by atoms with Crippen molar-refractivity contribution in [1.82, 2.24) is 5.32 Å². The van der Waals surface area contributed by atoms with Crippen LogP contribution in [-0.4, -0.2) is 26.4 Å². The van der Waals surface area contributed by atoms with Gasteiger partial charge in [0.1, 0.15) is 6.61 Å². The van der Waals surface area contributed by atoms with E-state index < -0.39 is 0 Å². The van der Waals surface area contributed by atoms with E-state index in [9.17, 15) is 0 Å². The van der Waals surface area contributed by atoms with Gasteiger partial charge in [0.15, 0.2) is 11.5 Å². The minimum atomic E-state index is 0.279. The van der Waals surface area contributed by atoms with Gasteiger partial charge in [0.2, 0.25) is 0 Å². The van der Waals surface area contributed by atoms with Crippen molar-refractivity contribution in [2.24, 2.45) is 0 Å². The summed E-state index contributed by atoms with van der Waals surface area (Å²) in [6.07, 6.45) is 1.25. The van der Waals surface area contributed by atoms with Crippen LogP contribution in [0.4, 0.5) is 0 Å². The molecule has 0 radical (unpaired) electrons. The maximum Gasteiger partial charge on any atom is 0.180 e. The van der Waals surface area contributed by atoms with Crippen LogP contribution in [0.1, 0.15) is 31.4 Å². The molecule has 0 aliphatic carbocycles. The lowest BCUT2D eigenvalue weighted by Gasteiger charge is -2.15. The van der Waals surface area contributed by atoms with Gasteiger partial charge in [0, 0.05) is 13.2 Å². The molecule has 26 heavy (non-hydrogen) atoms. The average Bonchev–Trinajstić information content (AvgIpc) is 2.63. The average molecular weight is 378 g/mol. The minimum absolute atomic E-state index is 0.279. The van der Waals surface area contributed by atoms with Crippen molar-refractivity contribution in [3.05, 3.63) is 58.6 Å². The van der Waals surface area contributed by atoms with Crippen LogP contribution in [0.2, 0.25) is 5.02 Å². The molecular weight excluding hydrogens is 350 g/mol. The van der Waals surface area contributed by atoms with Crippen molar-refractivity contribution in [3.8, 4) is 11.5 Å². The summed E-state index contributed by atoms with van der Waals surface area (Å²) in [6, 6.07) is 13.9. The molecule has 2 aromatic rings. The normalized spacial score (nSPS) is 11.0. The molecule has 0 bridgehead atoms. The molecule has 5 heteroatoms. The van der Waals surface area contributed by atoms with Gasteiger partial charge >= 0.3 is 0 Å². The van der Waals surface area contributed by atoms with Crippen molar-refractivity contribution < 1.29 is 14.2 Å². The fourth-order valence-electron chi connectivity index (χ4n) is 2.49. The van der Waals surface area contributed by atoms with E-state index in [0.29, 0.717) is 23.1 Å². The van der Waals surface area contributed by atoms with Crippen molar-refractivity contribution in [1.29, 1.82) is 0 Å². The van der Waals surface area contributed by atoms with Crippen LogP contribution >= 0.6 is 11.6 Å². The van der Waals surface area contributed by atoms with Crippen LogP contribution in [0.25, 0.3) is 0 Å². The Balaban J connectivity index is 1.89. The maximum absolute atomic E-state index is 6.42. The van der Waals surface area contributed by atoms with E-state index in [2.05, 4.69) is 5.32 Å². The molecule has 2 rings (SSSR count). The number of nitrogens with one attached hydrogen (secondary N) is 1. The Morgan fingerprint density at radius 2 is 1.85 bits per heavy atom. The highest BCUT2D eigenvalue weighted by Crippen LogP contribution is 2.37. The predicted molar refractivity (Wildman–Crippen MR) is 106 cm³/mol. The third kappa shape index (κ3) is 6.87. The van der Waals surface area contributed by atoms with Crippen LogP contribution < -0.4 is 14.8 Å². The second-order valence-electron chi connectivity index (χ2n) is 6.33. The third-order valence-corrected chi connectivity index (χ3v) is 4.07. The first-order valence-electron chi connectivity index (χ1n) is 8.95. The second-order valence-corrected chi connectivity index (χ2v) is 6.74. The number of benzene rings is 2. The Bertz CT molecular complexity index is 662. The molecule has 4 nitrogen and oxygen atoms in total. The van der Waals surface area contributed by atoms with E-state index in [1.165, 1.54) is 0 Å². The Hall–Kier alpha value is -1.75. The summed E-state index contributed by atoms with van der Waals surface area (Å²) in [6.45, 7) is 6.91. The Kier molecular flexibility index (Phi) is 8.75. The number of halogens is 1. The van der Waals surface area contributed by atoms with Gasteiger partial charge in [-0.2, -0.15) is 0 Å². The van der Waals surface area contributed by atoms with Crippen LogP contribution in [-0.2, 0) is 17.9 Å². The molecule has 0 fully saturated rings. The summed E-state index contributed by atoms with van der Waals surface area (Å²) < 4.78 is 16.9. The highest BCUT2D eigenvalue weighted by atomic mass is 35.5. The first kappa shape index (κ1) is 20.6. The molecule has 0 aromatic heterocycles. The molecule has 0 atom stereocenters. The lowest BCUT2D eigenvalue weighted by atomic mass is 10.2. The summed E-state index contributed by atoms with van der Waals surface area (Å²) in [5, 5.41) is 3.95. The lowest BCUT2D eigenvalue weighted by Crippen LogP contribution is -2.17. The van der Waals surface area contributed by atoms with E-state index in [-0.39, 0.29) is 6.10 Å². The maximum atomic E-state index is 6.42. The summed E-state index contributed by atoms with van der Waals surface area (Å²) in [7, 11) is 1.63. The highest BCUT2D eigenvalue weighted by molar-refractivity contribution is 6.32. The number of hydrogen-bond donors (Lipinski definition) is 1. The molecule has 0 unspecified atom stereocenters. The van der Waals surface area contributed by atoms with Crippen LogP contribution in [0.15, 0.2) is 42.5 Å². The summed E-state index contributed by atoms with van der Waals surface area (Å²) in [4.78, 5) is 0. The quantitative estimate of drug-likeness (QED) is 0.569. The zero-order valence-electron chi connectivity index (χ0n) is 15.8. The summed E-state index contributed by atoms with van der Waals surface area (Å²) in [5.41, 5.74) is 2.14. The minimum Gasteiger partial charge on any atom is -0.493 e. The number of rotatable bonds is 11. The molecule has 0 saturated heterocycles. The van der Waals surface area contributed by atoms with E-state index in [1.54, 1.807) is 7.11 Å². The Morgan fingerprint density at radius 3 is 2.54 bits per heavy atom. The molecule has 1 N–H and O–H groups in total. The number of methoxy groups -OCH3 is 1. The fraction of sp³-hybridized carbons (Fsp3) is 0.429.